The number of amides is 1. The van der Waals surface area contributed by atoms with E-state index in [0.29, 0.717) is 12.8 Å². The van der Waals surface area contributed by atoms with Crippen LogP contribution in [0.1, 0.15) is 277 Å². The number of carbonyl (C=O) groups excluding carboxylic acids is 1. The minimum Gasteiger partial charge on any atom is -0.394 e. The molecule has 9 nitrogen and oxygen atoms in total. The number of aliphatic hydroxyl groups is 5. The fourth-order valence-electron chi connectivity index (χ4n) is 9.25. The molecule has 1 rings (SSSR count). The predicted molar refractivity (Wildman–Crippen MR) is 277 cm³/mol. The van der Waals surface area contributed by atoms with Gasteiger partial charge in [-0.05, 0) is 44.9 Å². The molecule has 0 radical (unpaired) electrons. The molecule has 66 heavy (non-hydrogen) atoms. The van der Waals surface area contributed by atoms with Crippen LogP contribution in [0.4, 0.5) is 0 Å². The summed E-state index contributed by atoms with van der Waals surface area (Å²) in [6.45, 7) is 3.77. The van der Waals surface area contributed by atoms with Gasteiger partial charge in [-0.2, -0.15) is 0 Å². The van der Waals surface area contributed by atoms with Crippen LogP contribution in [0.5, 0.6) is 0 Å². The Kier molecular flexibility index (Phi) is 45.0. The molecule has 1 heterocycles. The van der Waals surface area contributed by atoms with E-state index in [-0.39, 0.29) is 12.5 Å². The molecular formula is C57H109NO8. The summed E-state index contributed by atoms with van der Waals surface area (Å²) in [7, 11) is 0. The second kappa shape index (κ2) is 47.4. The number of ether oxygens (including phenoxy) is 2. The van der Waals surface area contributed by atoms with Crippen molar-refractivity contribution in [2.24, 2.45) is 0 Å². The van der Waals surface area contributed by atoms with Gasteiger partial charge < -0.3 is 40.3 Å². The molecular weight excluding hydrogens is 827 g/mol. The van der Waals surface area contributed by atoms with E-state index in [4.69, 9.17) is 9.47 Å². The number of hydrogen-bond donors (Lipinski definition) is 6. The lowest BCUT2D eigenvalue weighted by molar-refractivity contribution is -0.302. The lowest BCUT2D eigenvalue weighted by Gasteiger charge is -2.40. The summed E-state index contributed by atoms with van der Waals surface area (Å²) in [5, 5.41) is 54.1. The van der Waals surface area contributed by atoms with Crippen molar-refractivity contribution >= 4 is 5.91 Å². The monoisotopic (exact) mass is 936 g/mol. The SMILES string of the molecule is CCCCCCC/C=C\C/C=C\CCCCCCCCCCCCCCCCCCCCCCCCCCCC(=O)NC(COC1OC(CO)C(O)C(O)C1O)C(O)CCCCCCCC. The molecule has 0 aromatic carbocycles. The molecule has 0 bridgehead atoms. The Morgan fingerprint density at radius 2 is 0.894 bits per heavy atom. The Morgan fingerprint density at radius 1 is 0.515 bits per heavy atom. The lowest BCUT2D eigenvalue weighted by Crippen LogP contribution is -2.60. The quantitative estimate of drug-likeness (QED) is 0.0261. The third kappa shape index (κ3) is 36.6. The summed E-state index contributed by atoms with van der Waals surface area (Å²) in [6, 6.07) is -0.712. The van der Waals surface area contributed by atoms with Crippen LogP contribution in [0.15, 0.2) is 24.3 Å². The van der Waals surface area contributed by atoms with Crippen LogP contribution < -0.4 is 5.32 Å². The summed E-state index contributed by atoms with van der Waals surface area (Å²) in [4.78, 5) is 12.9. The zero-order chi connectivity index (χ0) is 48.0. The van der Waals surface area contributed by atoms with Crippen molar-refractivity contribution < 1.29 is 39.8 Å². The van der Waals surface area contributed by atoms with Gasteiger partial charge in [0.15, 0.2) is 6.29 Å². The van der Waals surface area contributed by atoms with E-state index in [1.165, 1.54) is 205 Å². The van der Waals surface area contributed by atoms with Crippen molar-refractivity contribution in [3.63, 3.8) is 0 Å². The number of rotatable bonds is 49. The smallest absolute Gasteiger partial charge is 0.220 e. The van der Waals surface area contributed by atoms with Crippen molar-refractivity contribution in [1.29, 1.82) is 0 Å². The number of allylic oxidation sites excluding steroid dienone is 4. The maximum absolute atomic E-state index is 12.9. The minimum atomic E-state index is -1.55. The fourth-order valence-corrected chi connectivity index (χ4v) is 9.25. The van der Waals surface area contributed by atoms with Gasteiger partial charge in [-0.3, -0.25) is 4.79 Å². The Labute approximate surface area is 407 Å². The Balaban J connectivity index is 1.95. The van der Waals surface area contributed by atoms with Gasteiger partial charge in [0.1, 0.15) is 24.4 Å². The van der Waals surface area contributed by atoms with Crippen LogP contribution >= 0.6 is 0 Å². The molecule has 1 amide bonds. The number of unbranched alkanes of at least 4 members (excludes halogenated alkanes) is 35. The molecule has 7 unspecified atom stereocenters. The first-order valence-corrected chi connectivity index (χ1v) is 28.5. The number of carbonyl (C=O) groups is 1. The van der Waals surface area contributed by atoms with Crippen LogP contribution in [0.25, 0.3) is 0 Å². The van der Waals surface area contributed by atoms with E-state index in [2.05, 4.69) is 43.5 Å². The topological polar surface area (TPSA) is 149 Å². The van der Waals surface area contributed by atoms with E-state index in [9.17, 15) is 30.3 Å². The van der Waals surface area contributed by atoms with Crippen LogP contribution in [-0.2, 0) is 14.3 Å². The summed E-state index contributed by atoms with van der Waals surface area (Å²) >= 11 is 0. The van der Waals surface area contributed by atoms with Gasteiger partial charge in [-0.15, -0.1) is 0 Å². The first kappa shape index (κ1) is 62.7. The molecule has 0 spiro atoms. The van der Waals surface area contributed by atoms with Gasteiger partial charge in [0.2, 0.25) is 5.91 Å². The third-order valence-electron chi connectivity index (χ3n) is 13.8. The largest absolute Gasteiger partial charge is 0.394 e. The van der Waals surface area contributed by atoms with Gasteiger partial charge in [0.25, 0.3) is 0 Å². The molecule has 0 aromatic heterocycles. The molecule has 0 saturated carbocycles. The normalized spacial score (nSPS) is 19.9. The molecule has 1 fully saturated rings. The van der Waals surface area contributed by atoms with Crippen molar-refractivity contribution in [3.8, 4) is 0 Å². The molecule has 6 N–H and O–H groups in total. The Bertz CT molecular complexity index is 1090. The van der Waals surface area contributed by atoms with Crippen molar-refractivity contribution in [2.75, 3.05) is 13.2 Å². The minimum absolute atomic E-state index is 0.136. The van der Waals surface area contributed by atoms with E-state index in [1.54, 1.807) is 0 Å². The third-order valence-corrected chi connectivity index (χ3v) is 13.8. The van der Waals surface area contributed by atoms with Gasteiger partial charge in [-0.25, -0.2) is 0 Å². The Hall–Kier alpha value is -1.33. The van der Waals surface area contributed by atoms with Crippen LogP contribution in [0.2, 0.25) is 0 Å². The molecule has 9 heteroatoms. The van der Waals surface area contributed by atoms with Gasteiger partial charge in [0, 0.05) is 6.42 Å². The average Bonchev–Trinajstić information content (AvgIpc) is 3.32. The average molecular weight is 936 g/mol. The Morgan fingerprint density at radius 3 is 1.30 bits per heavy atom. The van der Waals surface area contributed by atoms with Gasteiger partial charge in [0.05, 0.1) is 25.4 Å². The predicted octanol–water partition coefficient (Wildman–Crippen LogP) is 13.8. The highest BCUT2D eigenvalue weighted by atomic mass is 16.7. The molecule has 390 valence electrons. The summed E-state index contributed by atoms with van der Waals surface area (Å²) in [5.74, 6) is -0.145. The van der Waals surface area contributed by atoms with Gasteiger partial charge in [-0.1, -0.05) is 250 Å². The van der Waals surface area contributed by atoms with Gasteiger partial charge >= 0.3 is 0 Å². The fraction of sp³-hybridized carbons (Fsp3) is 0.912. The summed E-state index contributed by atoms with van der Waals surface area (Å²) in [6.07, 6.45) is 52.8. The zero-order valence-corrected chi connectivity index (χ0v) is 43.2. The first-order chi connectivity index (χ1) is 32.3. The highest BCUT2D eigenvalue weighted by molar-refractivity contribution is 5.76. The maximum Gasteiger partial charge on any atom is 0.220 e. The standard InChI is InChI=1S/C57H109NO8/c1-3-5-7-9-11-12-13-14-15-16-17-18-19-20-21-22-23-24-25-26-27-28-29-30-31-32-33-34-35-36-37-38-39-40-41-43-45-47-53(61)58-50(51(60)46-44-42-10-8-6-4-2)49-65-57-56(64)55(63)54(62)52(48-59)66-57/h13-14,16-17,50-52,54-57,59-60,62-64H,3-12,15,18-49H2,1-2H3,(H,58,61)/b14-13-,17-16-. The molecule has 0 aliphatic carbocycles. The van der Waals surface area contributed by atoms with Crippen molar-refractivity contribution in [1.82, 2.24) is 5.32 Å². The van der Waals surface area contributed by atoms with E-state index >= 15 is 0 Å². The maximum atomic E-state index is 12.9. The highest BCUT2D eigenvalue weighted by Crippen LogP contribution is 2.23. The second-order valence-electron chi connectivity index (χ2n) is 20.1. The molecule has 1 saturated heterocycles. The molecule has 1 aliphatic heterocycles. The number of nitrogens with one attached hydrogen (secondary N) is 1. The lowest BCUT2D eigenvalue weighted by atomic mass is 9.99. The van der Waals surface area contributed by atoms with Crippen molar-refractivity contribution in [3.05, 3.63) is 24.3 Å². The summed E-state index contributed by atoms with van der Waals surface area (Å²) < 4.78 is 11.2. The summed E-state index contributed by atoms with van der Waals surface area (Å²) in [5.41, 5.74) is 0. The van der Waals surface area contributed by atoms with Crippen molar-refractivity contribution in [2.45, 2.75) is 320 Å². The first-order valence-electron chi connectivity index (χ1n) is 28.5. The second-order valence-corrected chi connectivity index (χ2v) is 20.1. The number of hydrogen-bond acceptors (Lipinski definition) is 8. The highest BCUT2D eigenvalue weighted by Gasteiger charge is 2.44. The van der Waals surface area contributed by atoms with E-state index < -0.39 is 49.5 Å². The number of aliphatic hydroxyl groups excluding tert-OH is 5. The molecule has 0 aromatic rings. The van der Waals surface area contributed by atoms with E-state index in [0.717, 1.165) is 44.9 Å². The van der Waals surface area contributed by atoms with Crippen LogP contribution in [-0.4, -0.2) is 87.5 Å². The molecule has 7 atom stereocenters. The van der Waals surface area contributed by atoms with Crippen LogP contribution in [0.3, 0.4) is 0 Å². The van der Waals surface area contributed by atoms with Crippen LogP contribution in [0, 0.1) is 0 Å². The molecule has 1 aliphatic rings. The zero-order valence-electron chi connectivity index (χ0n) is 43.2. The van der Waals surface area contributed by atoms with E-state index in [1.807, 2.05) is 0 Å².